The zero-order valence-electron chi connectivity index (χ0n) is 11.4. The number of benzene rings is 2. The predicted octanol–water partition coefficient (Wildman–Crippen LogP) is 2.95. The third-order valence-corrected chi connectivity index (χ3v) is 2.98. The predicted molar refractivity (Wildman–Crippen MR) is 83.0 cm³/mol. The fourth-order valence-electron chi connectivity index (χ4n) is 1.65. The first-order chi connectivity index (χ1) is 10.1. The summed E-state index contributed by atoms with van der Waals surface area (Å²) < 4.78 is 10.4. The van der Waals surface area contributed by atoms with Gasteiger partial charge in [-0.15, -0.1) is 0 Å². The Morgan fingerprint density at radius 1 is 1.24 bits per heavy atom. The van der Waals surface area contributed by atoms with Gasteiger partial charge in [-0.1, -0.05) is 11.6 Å². The Labute approximate surface area is 127 Å². The maximum Gasteiger partial charge on any atom is 0.262 e. The second-order valence-electron chi connectivity index (χ2n) is 4.26. The summed E-state index contributed by atoms with van der Waals surface area (Å²) in [6.45, 7) is -0.104. The molecule has 0 fully saturated rings. The van der Waals surface area contributed by atoms with E-state index in [0.717, 1.165) is 0 Å². The lowest BCUT2D eigenvalue weighted by molar-refractivity contribution is -0.118. The zero-order chi connectivity index (χ0) is 15.2. The van der Waals surface area contributed by atoms with Crippen LogP contribution in [0.25, 0.3) is 0 Å². The van der Waals surface area contributed by atoms with Crippen molar-refractivity contribution in [1.29, 1.82) is 0 Å². The summed E-state index contributed by atoms with van der Waals surface area (Å²) >= 11 is 5.98. The summed E-state index contributed by atoms with van der Waals surface area (Å²) in [5.74, 6) is 0.841. The number of carbonyl (C=O) groups excluding carboxylic acids is 1. The van der Waals surface area contributed by atoms with Crippen molar-refractivity contribution in [2.75, 3.05) is 24.8 Å². The number of methoxy groups -OCH3 is 1. The van der Waals surface area contributed by atoms with Gasteiger partial charge in [-0.05, 0) is 42.5 Å². The summed E-state index contributed by atoms with van der Waals surface area (Å²) in [5, 5.41) is 3.11. The molecule has 0 aliphatic rings. The van der Waals surface area contributed by atoms with Gasteiger partial charge in [-0.2, -0.15) is 0 Å². The number of hydrogen-bond donors (Lipinski definition) is 2. The number of nitrogens with two attached hydrogens (primary N) is 1. The molecule has 0 spiro atoms. The number of carbonyl (C=O) groups is 1. The van der Waals surface area contributed by atoms with E-state index < -0.39 is 0 Å². The van der Waals surface area contributed by atoms with Gasteiger partial charge in [0.15, 0.2) is 6.61 Å². The highest BCUT2D eigenvalue weighted by Gasteiger charge is 2.06. The van der Waals surface area contributed by atoms with Crippen molar-refractivity contribution in [2.24, 2.45) is 0 Å². The Kier molecular flexibility index (Phi) is 4.90. The SMILES string of the molecule is COc1ccc(NC(=O)COc2ccc(N)cc2)cc1Cl. The largest absolute Gasteiger partial charge is 0.495 e. The molecule has 0 radical (unpaired) electrons. The molecule has 2 rings (SSSR count). The quantitative estimate of drug-likeness (QED) is 0.833. The normalized spacial score (nSPS) is 10.0. The summed E-state index contributed by atoms with van der Waals surface area (Å²) in [4.78, 5) is 11.8. The number of hydrogen-bond acceptors (Lipinski definition) is 4. The van der Waals surface area contributed by atoms with Gasteiger partial charge in [-0.3, -0.25) is 4.79 Å². The second-order valence-corrected chi connectivity index (χ2v) is 4.66. The molecule has 0 bridgehead atoms. The van der Waals surface area contributed by atoms with Crippen LogP contribution in [0.1, 0.15) is 0 Å². The fraction of sp³-hybridized carbons (Fsp3) is 0.133. The molecule has 0 saturated carbocycles. The molecular weight excluding hydrogens is 292 g/mol. The maximum absolute atomic E-state index is 11.8. The van der Waals surface area contributed by atoms with Crippen molar-refractivity contribution in [1.82, 2.24) is 0 Å². The van der Waals surface area contributed by atoms with Gasteiger partial charge in [-0.25, -0.2) is 0 Å². The Morgan fingerprint density at radius 2 is 1.95 bits per heavy atom. The van der Waals surface area contributed by atoms with Crippen LogP contribution in [0.15, 0.2) is 42.5 Å². The van der Waals surface area contributed by atoms with E-state index in [1.165, 1.54) is 7.11 Å². The van der Waals surface area contributed by atoms with Crippen LogP contribution in [0.5, 0.6) is 11.5 Å². The summed E-state index contributed by atoms with van der Waals surface area (Å²) in [5.41, 5.74) is 6.78. The Morgan fingerprint density at radius 3 is 2.57 bits per heavy atom. The second kappa shape index (κ2) is 6.85. The van der Waals surface area contributed by atoms with E-state index in [4.69, 9.17) is 26.8 Å². The van der Waals surface area contributed by atoms with Gasteiger partial charge in [0.05, 0.1) is 12.1 Å². The van der Waals surface area contributed by atoms with Crippen LogP contribution >= 0.6 is 11.6 Å². The molecule has 21 heavy (non-hydrogen) atoms. The summed E-state index contributed by atoms with van der Waals surface area (Å²) in [6, 6.07) is 11.8. The first kappa shape index (κ1) is 15.0. The monoisotopic (exact) mass is 306 g/mol. The molecule has 5 nitrogen and oxygen atoms in total. The van der Waals surface area contributed by atoms with Crippen LogP contribution < -0.4 is 20.5 Å². The Balaban J connectivity index is 1.89. The highest BCUT2D eigenvalue weighted by molar-refractivity contribution is 6.32. The third-order valence-electron chi connectivity index (χ3n) is 2.69. The molecule has 0 unspecified atom stereocenters. The van der Waals surface area contributed by atoms with Crippen molar-refractivity contribution < 1.29 is 14.3 Å². The smallest absolute Gasteiger partial charge is 0.262 e. The standard InChI is InChI=1S/C15H15ClN2O3/c1-20-14-7-4-11(8-13(14)16)18-15(19)9-21-12-5-2-10(17)3-6-12/h2-8H,9,17H2,1H3,(H,18,19). The highest BCUT2D eigenvalue weighted by Crippen LogP contribution is 2.27. The van der Waals surface area contributed by atoms with Crippen molar-refractivity contribution in [2.45, 2.75) is 0 Å². The minimum atomic E-state index is -0.284. The molecule has 3 N–H and O–H groups in total. The highest BCUT2D eigenvalue weighted by atomic mass is 35.5. The number of ether oxygens (including phenoxy) is 2. The van der Waals surface area contributed by atoms with Crippen molar-refractivity contribution >= 4 is 28.9 Å². The van der Waals surface area contributed by atoms with Crippen LogP contribution in [0.2, 0.25) is 5.02 Å². The maximum atomic E-state index is 11.8. The van der Waals surface area contributed by atoms with Gasteiger partial charge >= 0.3 is 0 Å². The van der Waals surface area contributed by atoms with E-state index in [1.54, 1.807) is 42.5 Å². The number of halogens is 1. The topological polar surface area (TPSA) is 73.6 Å². The van der Waals surface area contributed by atoms with Crippen molar-refractivity contribution in [3.8, 4) is 11.5 Å². The Hall–Kier alpha value is -2.40. The average molecular weight is 307 g/mol. The van der Waals surface area contributed by atoms with E-state index >= 15 is 0 Å². The molecule has 0 aliphatic carbocycles. The van der Waals surface area contributed by atoms with E-state index in [2.05, 4.69) is 5.32 Å². The van der Waals surface area contributed by atoms with Gasteiger partial charge in [0.1, 0.15) is 11.5 Å². The molecular formula is C15H15ClN2O3. The van der Waals surface area contributed by atoms with Crippen molar-refractivity contribution in [3.63, 3.8) is 0 Å². The lowest BCUT2D eigenvalue weighted by atomic mass is 10.3. The number of anilines is 2. The average Bonchev–Trinajstić information content (AvgIpc) is 2.47. The molecule has 2 aromatic carbocycles. The molecule has 0 atom stereocenters. The van der Waals surface area contributed by atoms with Gasteiger partial charge in [0.2, 0.25) is 0 Å². The molecule has 110 valence electrons. The lowest BCUT2D eigenvalue weighted by Gasteiger charge is -2.09. The van der Waals surface area contributed by atoms with Gasteiger partial charge < -0.3 is 20.5 Å². The molecule has 0 saturated heterocycles. The van der Waals surface area contributed by atoms with Gasteiger partial charge in [0, 0.05) is 11.4 Å². The number of nitrogens with one attached hydrogen (secondary N) is 1. The first-order valence-corrected chi connectivity index (χ1v) is 6.58. The molecule has 0 aliphatic heterocycles. The van der Waals surface area contributed by atoms with E-state index in [-0.39, 0.29) is 12.5 Å². The molecule has 1 amide bonds. The molecule has 0 aromatic heterocycles. The van der Waals surface area contributed by atoms with Gasteiger partial charge in [0.25, 0.3) is 5.91 Å². The van der Waals surface area contributed by atoms with Crippen LogP contribution in [0.3, 0.4) is 0 Å². The summed E-state index contributed by atoms with van der Waals surface area (Å²) in [7, 11) is 1.53. The number of amides is 1. The van der Waals surface area contributed by atoms with Crippen LogP contribution in [0, 0.1) is 0 Å². The fourth-order valence-corrected chi connectivity index (χ4v) is 1.91. The van der Waals surface area contributed by atoms with Crippen LogP contribution in [0.4, 0.5) is 11.4 Å². The third kappa shape index (κ3) is 4.29. The zero-order valence-corrected chi connectivity index (χ0v) is 12.2. The van der Waals surface area contributed by atoms with Crippen molar-refractivity contribution in [3.05, 3.63) is 47.5 Å². The van der Waals surface area contributed by atoms with E-state index in [0.29, 0.717) is 27.9 Å². The minimum absolute atomic E-state index is 0.104. The number of rotatable bonds is 5. The van der Waals surface area contributed by atoms with Crippen LogP contribution in [-0.4, -0.2) is 19.6 Å². The van der Waals surface area contributed by atoms with E-state index in [9.17, 15) is 4.79 Å². The summed E-state index contributed by atoms with van der Waals surface area (Å²) in [6.07, 6.45) is 0. The molecule has 6 heteroatoms. The minimum Gasteiger partial charge on any atom is -0.495 e. The lowest BCUT2D eigenvalue weighted by Crippen LogP contribution is -2.20. The van der Waals surface area contributed by atoms with E-state index in [1.807, 2.05) is 0 Å². The Bertz CT molecular complexity index is 629. The van der Waals surface area contributed by atoms with Crippen LogP contribution in [-0.2, 0) is 4.79 Å². The first-order valence-electron chi connectivity index (χ1n) is 6.20. The number of nitrogen functional groups attached to an aromatic ring is 1. The molecule has 2 aromatic rings. The molecule has 0 heterocycles.